The number of nitrogens with two attached hydrogens (primary N) is 3. The maximum atomic E-state index is 9.01. The maximum Gasteiger partial charge on any atom is 0.121 e. The van der Waals surface area contributed by atoms with Crippen LogP contribution in [0.5, 0.6) is 11.5 Å². The van der Waals surface area contributed by atoms with Crippen LogP contribution < -0.4 is 38.5 Å². The molecule has 2 fully saturated rings. The first-order chi connectivity index (χ1) is 29.4. The molecule has 0 saturated heterocycles. The number of aromatic hydroxyl groups is 2. The molecule has 0 aliphatic heterocycles. The van der Waals surface area contributed by atoms with Crippen LogP contribution >= 0.6 is 0 Å². The molecule has 0 spiro atoms. The molecule has 1 aromatic carbocycles. The highest BCUT2D eigenvalue weighted by atomic mass is 16.3. The smallest absolute Gasteiger partial charge is 0.121 e. The number of phenolic OH excluding ortho intramolecular Hbond substituents is 2. The normalized spacial score (nSPS) is 20.9. The Kier molecular flexibility index (Phi) is 53.5. The van der Waals surface area contributed by atoms with Crippen molar-refractivity contribution in [3.63, 3.8) is 0 Å². The molecule has 2 aliphatic rings. The summed E-state index contributed by atoms with van der Waals surface area (Å²) in [5.41, 5.74) is 16.5. The topological polar surface area (TPSA) is 409 Å². The van der Waals surface area contributed by atoms with Gasteiger partial charge in [0.2, 0.25) is 0 Å². The van der Waals surface area contributed by atoms with Gasteiger partial charge in [-0.3, -0.25) is 0 Å². The van der Waals surface area contributed by atoms with Crippen LogP contribution in [-0.2, 0) is 0 Å². The highest BCUT2D eigenvalue weighted by molar-refractivity contribution is 5.49. The maximum absolute atomic E-state index is 9.01. The molecule has 1 aromatic rings. The Morgan fingerprint density at radius 1 is 0.484 bits per heavy atom. The van der Waals surface area contributed by atoms with Crippen molar-refractivity contribution in [3.8, 4) is 11.5 Å². The van der Waals surface area contributed by atoms with E-state index in [1.54, 1.807) is 13.8 Å². The number of nitrogen functional groups attached to an aromatic ring is 1. The van der Waals surface area contributed by atoms with Gasteiger partial charge in [0.05, 0.1) is 49.8 Å². The van der Waals surface area contributed by atoms with Crippen molar-refractivity contribution in [2.24, 2.45) is 11.5 Å². The fourth-order valence-corrected chi connectivity index (χ4v) is 5.12. The molecular weight excluding hydrogens is 814 g/mol. The van der Waals surface area contributed by atoms with Gasteiger partial charge < -0.3 is 110 Å². The van der Waals surface area contributed by atoms with E-state index < -0.39 is 12.2 Å². The SMILES string of the molecule is CC(O)CNCC(C)O.NC1CC(O)C(O)C1.NC1CC(O)CC(O)C1.Nc1cc(O)cc(O)c1.OCCCCNCCCCO.OCCCNCCCO.OCCNCCO. The molecule has 374 valence electrons. The zero-order valence-corrected chi connectivity index (χ0v) is 37.5. The summed E-state index contributed by atoms with van der Waals surface area (Å²) < 4.78 is 0. The minimum atomic E-state index is -0.579. The van der Waals surface area contributed by atoms with E-state index >= 15 is 0 Å². The van der Waals surface area contributed by atoms with Gasteiger partial charge in [-0.1, -0.05) is 0 Å². The lowest BCUT2D eigenvalue weighted by molar-refractivity contribution is 0.0320. The molecule has 24 N–H and O–H groups in total. The van der Waals surface area contributed by atoms with Gasteiger partial charge in [0.25, 0.3) is 0 Å². The lowest BCUT2D eigenvalue weighted by atomic mass is 9.91. The van der Waals surface area contributed by atoms with Gasteiger partial charge in [-0.25, -0.2) is 0 Å². The molecule has 0 heterocycles. The van der Waals surface area contributed by atoms with Gasteiger partial charge in [-0.15, -0.1) is 0 Å². The molecule has 0 aromatic heterocycles. The quantitative estimate of drug-likeness (QED) is 0.0390. The fourth-order valence-electron chi connectivity index (χ4n) is 5.12. The average Bonchev–Trinajstić information content (AvgIpc) is 3.48. The van der Waals surface area contributed by atoms with Crippen LogP contribution in [-0.4, -0.2) is 212 Å². The van der Waals surface area contributed by atoms with Crippen molar-refractivity contribution >= 4 is 5.69 Å². The van der Waals surface area contributed by atoms with E-state index in [1.165, 1.54) is 18.2 Å². The summed E-state index contributed by atoms with van der Waals surface area (Å²) in [5.74, 6) is -0.0417. The number of hydrogen-bond acceptors (Lipinski definition) is 21. The van der Waals surface area contributed by atoms with E-state index in [9.17, 15) is 0 Å². The van der Waals surface area contributed by atoms with Crippen LogP contribution in [0.15, 0.2) is 18.2 Å². The Hall–Kier alpha value is -2.10. The van der Waals surface area contributed by atoms with E-state index in [1.807, 2.05) is 0 Å². The van der Waals surface area contributed by atoms with E-state index in [0.29, 0.717) is 77.2 Å². The molecule has 6 unspecified atom stereocenters. The first kappa shape index (κ1) is 66.5. The van der Waals surface area contributed by atoms with Crippen molar-refractivity contribution in [1.82, 2.24) is 21.3 Å². The van der Waals surface area contributed by atoms with Crippen LogP contribution in [0.1, 0.15) is 84.5 Å². The van der Waals surface area contributed by atoms with Crippen molar-refractivity contribution in [1.29, 1.82) is 0 Å². The molecule has 0 radical (unpaired) electrons. The molecule has 21 heteroatoms. The van der Waals surface area contributed by atoms with Gasteiger partial charge in [0.15, 0.2) is 0 Å². The number of phenols is 2. The molecule has 6 atom stereocenters. The fraction of sp³-hybridized carbons (Fsp3) is 0.854. The highest BCUT2D eigenvalue weighted by Crippen LogP contribution is 2.21. The summed E-state index contributed by atoms with van der Waals surface area (Å²) in [4.78, 5) is 0. The molecular formula is C41H91N7O14. The summed E-state index contributed by atoms with van der Waals surface area (Å²) in [6.07, 6.45) is 5.70. The van der Waals surface area contributed by atoms with Gasteiger partial charge in [-0.05, 0) is 111 Å². The minimum Gasteiger partial charge on any atom is -0.508 e. The summed E-state index contributed by atoms with van der Waals surface area (Å²) in [6, 6.07) is 3.93. The van der Waals surface area contributed by atoms with Crippen LogP contribution in [0.4, 0.5) is 5.69 Å². The first-order valence-corrected chi connectivity index (χ1v) is 21.8. The van der Waals surface area contributed by atoms with Gasteiger partial charge >= 0.3 is 0 Å². The van der Waals surface area contributed by atoms with E-state index in [2.05, 4.69) is 21.3 Å². The average molecular weight is 906 g/mol. The summed E-state index contributed by atoms with van der Waals surface area (Å²) in [6.45, 7) is 10.6. The van der Waals surface area contributed by atoms with Crippen LogP contribution in [0, 0.1) is 0 Å². The van der Waals surface area contributed by atoms with Crippen molar-refractivity contribution < 1.29 is 71.5 Å². The van der Waals surface area contributed by atoms with Crippen molar-refractivity contribution in [2.75, 3.05) is 97.7 Å². The Morgan fingerprint density at radius 3 is 1.10 bits per heavy atom. The van der Waals surface area contributed by atoms with E-state index in [-0.39, 0.29) is 74.4 Å². The highest BCUT2D eigenvalue weighted by Gasteiger charge is 2.28. The largest absolute Gasteiger partial charge is 0.508 e. The number of benzene rings is 1. The Morgan fingerprint density at radius 2 is 0.823 bits per heavy atom. The number of hydrogen-bond donors (Lipinski definition) is 21. The predicted molar refractivity (Wildman–Crippen MR) is 242 cm³/mol. The number of anilines is 1. The summed E-state index contributed by atoms with van der Waals surface area (Å²) in [5, 5.41) is 132. The molecule has 0 bridgehead atoms. The van der Waals surface area contributed by atoms with Gasteiger partial charge in [0.1, 0.15) is 11.5 Å². The van der Waals surface area contributed by atoms with Crippen molar-refractivity contribution in [2.45, 2.75) is 133 Å². The molecule has 3 rings (SSSR count). The van der Waals surface area contributed by atoms with Gasteiger partial charge in [-0.2, -0.15) is 0 Å². The standard InChI is InChI=1S/C8H19NO2.C6H13NO2.C6H7NO2.2C6H15NO2.C5H11NO2.C4H11NO2/c10-7-3-1-5-9-6-2-4-8-11;2*7-4-1-5(8)3-6(9)2-4;1-5(8)3-7-4-6(2)9;8-5-1-3-7-4-2-6-9;6-3-1-4(7)5(8)2-3;6-3-1-5-2-4-7/h9-11H,1-8H2;4-6,8-9H,1-3,7H2;1-3,8-9H,7H2;5-9H,3-4H2,1-2H3;7-9H,1-6H2;3-5,7-8H,1-2,6H2;5-7H,1-4H2. The number of nitrogens with one attached hydrogen (secondary N) is 4. The number of aliphatic hydroxyl groups excluding tert-OH is 12. The second-order valence-electron chi connectivity index (χ2n) is 15.0. The van der Waals surface area contributed by atoms with E-state index in [4.69, 9.17) is 88.7 Å². The predicted octanol–water partition coefficient (Wildman–Crippen LogP) is -3.91. The summed E-state index contributed by atoms with van der Waals surface area (Å²) in [7, 11) is 0. The number of unbranched alkanes of at least 4 members (excludes halogenated alkanes) is 2. The lowest BCUT2D eigenvalue weighted by Crippen LogP contribution is -2.37. The number of rotatable bonds is 22. The Balaban J connectivity index is -0.000000317. The monoisotopic (exact) mass is 906 g/mol. The third kappa shape index (κ3) is 55.9. The Bertz CT molecular complexity index is 920. The minimum absolute atomic E-state index is 0.000000000000000444. The van der Waals surface area contributed by atoms with Gasteiger partial charge in [0, 0.05) is 88.6 Å². The van der Waals surface area contributed by atoms with Crippen LogP contribution in [0.2, 0.25) is 0 Å². The number of aliphatic hydroxyl groups is 12. The lowest BCUT2D eigenvalue weighted by Gasteiger charge is -2.26. The second kappa shape index (κ2) is 49.9. The van der Waals surface area contributed by atoms with Crippen LogP contribution in [0.25, 0.3) is 0 Å². The molecule has 0 amide bonds. The second-order valence-corrected chi connectivity index (χ2v) is 15.0. The summed E-state index contributed by atoms with van der Waals surface area (Å²) >= 11 is 0. The zero-order chi connectivity index (χ0) is 48.0. The van der Waals surface area contributed by atoms with E-state index in [0.717, 1.165) is 64.7 Å². The third-order valence-corrected chi connectivity index (χ3v) is 8.15. The Labute approximate surface area is 370 Å². The van der Waals surface area contributed by atoms with Crippen molar-refractivity contribution in [3.05, 3.63) is 18.2 Å². The first-order valence-electron chi connectivity index (χ1n) is 21.8. The molecule has 2 aliphatic carbocycles. The molecule has 21 nitrogen and oxygen atoms in total. The third-order valence-electron chi connectivity index (χ3n) is 8.15. The molecule has 2 saturated carbocycles. The van der Waals surface area contributed by atoms with Crippen LogP contribution in [0.3, 0.4) is 0 Å². The molecule has 62 heavy (non-hydrogen) atoms. The zero-order valence-electron chi connectivity index (χ0n) is 37.5.